The molecule has 0 aliphatic carbocycles. The molecule has 3 heteroatoms. The summed E-state index contributed by atoms with van der Waals surface area (Å²) in [6.45, 7) is 2.03. The second-order valence-corrected chi connectivity index (χ2v) is 3.47. The predicted molar refractivity (Wildman–Crippen MR) is 54.6 cm³/mol. The number of hydrogen-bond donors (Lipinski definition) is 1. The number of aromatic carboxylic acids is 1. The average molecular weight is 196 g/mol. The van der Waals surface area contributed by atoms with E-state index in [1.165, 1.54) is 11.8 Å². The lowest BCUT2D eigenvalue weighted by molar-refractivity contribution is 0.0693. The number of thioether (sulfide) groups is 1. The summed E-state index contributed by atoms with van der Waals surface area (Å²) in [5.41, 5.74) is 1.51. The normalized spacial score (nSPS) is 10.0. The minimum atomic E-state index is -0.848. The summed E-state index contributed by atoms with van der Waals surface area (Å²) in [4.78, 5) is 11.7. The van der Waals surface area contributed by atoms with Crippen molar-refractivity contribution in [1.82, 2.24) is 0 Å². The van der Waals surface area contributed by atoms with E-state index in [-0.39, 0.29) is 0 Å². The number of aryl methyl sites for hydroxylation is 1. The molecule has 70 valence electrons. The first-order chi connectivity index (χ1) is 6.20. The molecule has 13 heavy (non-hydrogen) atoms. The molecule has 0 aromatic heterocycles. The molecule has 0 saturated heterocycles. The lowest BCUT2D eigenvalue weighted by Gasteiger charge is -2.07. The highest BCUT2D eigenvalue weighted by Crippen LogP contribution is 2.25. The molecule has 2 nitrogen and oxygen atoms in total. The summed E-state index contributed by atoms with van der Waals surface area (Å²) in [6, 6.07) is 5.41. The Kier molecular flexibility index (Phi) is 3.37. The number of carbonyl (C=O) groups is 1. The van der Waals surface area contributed by atoms with E-state index in [1.54, 1.807) is 12.1 Å². The molecule has 1 rings (SSSR count). The van der Waals surface area contributed by atoms with Gasteiger partial charge in [0.2, 0.25) is 0 Å². The van der Waals surface area contributed by atoms with Crippen molar-refractivity contribution < 1.29 is 9.90 Å². The lowest BCUT2D eigenvalue weighted by atomic mass is 10.1. The molecule has 0 unspecified atom stereocenters. The Morgan fingerprint density at radius 3 is 2.69 bits per heavy atom. The molecule has 1 aromatic rings. The van der Waals surface area contributed by atoms with Crippen molar-refractivity contribution in [2.24, 2.45) is 0 Å². The number of carboxylic acid groups (broad SMARTS) is 1. The van der Waals surface area contributed by atoms with Gasteiger partial charge in [-0.1, -0.05) is 19.1 Å². The van der Waals surface area contributed by atoms with Gasteiger partial charge < -0.3 is 5.11 Å². The Morgan fingerprint density at radius 1 is 1.54 bits per heavy atom. The van der Waals surface area contributed by atoms with Crippen molar-refractivity contribution in [3.63, 3.8) is 0 Å². The van der Waals surface area contributed by atoms with Crippen molar-refractivity contribution in [2.75, 3.05) is 6.26 Å². The van der Waals surface area contributed by atoms with Crippen LogP contribution in [0.3, 0.4) is 0 Å². The van der Waals surface area contributed by atoms with Crippen LogP contribution in [0.1, 0.15) is 22.8 Å². The quantitative estimate of drug-likeness (QED) is 0.755. The molecular weight excluding hydrogens is 184 g/mol. The van der Waals surface area contributed by atoms with E-state index in [0.717, 1.165) is 16.9 Å². The van der Waals surface area contributed by atoms with E-state index >= 15 is 0 Å². The van der Waals surface area contributed by atoms with Crippen molar-refractivity contribution in [1.29, 1.82) is 0 Å². The first kappa shape index (κ1) is 10.1. The van der Waals surface area contributed by atoms with Gasteiger partial charge in [-0.25, -0.2) is 4.79 Å². The van der Waals surface area contributed by atoms with Gasteiger partial charge in [0, 0.05) is 4.90 Å². The van der Waals surface area contributed by atoms with Gasteiger partial charge in [0.25, 0.3) is 0 Å². The van der Waals surface area contributed by atoms with Gasteiger partial charge in [-0.05, 0) is 24.3 Å². The molecule has 0 aliphatic rings. The molecule has 0 fully saturated rings. The number of benzene rings is 1. The minimum Gasteiger partial charge on any atom is -0.478 e. The predicted octanol–water partition coefficient (Wildman–Crippen LogP) is 2.67. The zero-order valence-electron chi connectivity index (χ0n) is 7.70. The molecule has 1 N–H and O–H groups in total. The second-order valence-electron chi connectivity index (χ2n) is 2.66. The SMILES string of the molecule is CCc1cccc(C(=O)O)c1SC. The van der Waals surface area contributed by atoms with Crippen LogP contribution in [-0.2, 0) is 6.42 Å². The fraction of sp³-hybridized carbons (Fsp3) is 0.300. The maximum atomic E-state index is 10.8. The van der Waals surface area contributed by atoms with Crippen molar-refractivity contribution in [3.8, 4) is 0 Å². The fourth-order valence-electron chi connectivity index (χ4n) is 1.27. The zero-order chi connectivity index (χ0) is 9.84. The molecule has 0 spiro atoms. The van der Waals surface area contributed by atoms with Gasteiger partial charge in [-0.2, -0.15) is 0 Å². The number of carboxylic acids is 1. The first-order valence-corrected chi connectivity index (χ1v) is 5.32. The maximum Gasteiger partial charge on any atom is 0.336 e. The summed E-state index contributed by atoms with van der Waals surface area (Å²) in [5.74, 6) is -0.848. The van der Waals surface area contributed by atoms with Crippen LogP contribution in [0.2, 0.25) is 0 Å². The van der Waals surface area contributed by atoms with Crippen LogP contribution in [0.4, 0.5) is 0 Å². The molecule has 0 radical (unpaired) electrons. The Balaban J connectivity index is 3.27. The van der Waals surface area contributed by atoms with Gasteiger partial charge in [0.05, 0.1) is 5.56 Å². The van der Waals surface area contributed by atoms with Crippen LogP contribution in [0.15, 0.2) is 23.1 Å². The third-order valence-corrected chi connectivity index (χ3v) is 2.80. The van der Waals surface area contributed by atoms with Crippen LogP contribution in [0, 0.1) is 0 Å². The smallest absolute Gasteiger partial charge is 0.336 e. The summed E-state index contributed by atoms with van der Waals surface area (Å²) in [6.07, 6.45) is 2.78. The monoisotopic (exact) mass is 196 g/mol. The van der Waals surface area contributed by atoms with Crippen LogP contribution in [-0.4, -0.2) is 17.3 Å². The molecule has 0 saturated carbocycles. The van der Waals surface area contributed by atoms with Crippen LogP contribution < -0.4 is 0 Å². The van der Waals surface area contributed by atoms with Gasteiger partial charge >= 0.3 is 5.97 Å². The third-order valence-electron chi connectivity index (χ3n) is 1.91. The number of hydrogen-bond acceptors (Lipinski definition) is 2. The fourth-order valence-corrected chi connectivity index (χ4v) is 2.12. The Bertz CT molecular complexity index is 321. The van der Waals surface area contributed by atoms with Gasteiger partial charge in [0.1, 0.15) is 0 Å². The molecule has 0 atom stereocenters. The minimum absolute atomic E-state index is 0.409. The Hall–Kier alpha value is -0.960. The van der Waals surface area contributed by atoms with Crippen molar-refractivity contribution >= 4 is 17.7 Å². The molecule has 1 aromatic carbocycles. The van der Waals surface area contributed by atoms with E-state index in [9.17, 15) is 4.79 Å². The van der Waals surface area contributed by atoms with E-state index in [0.29, 0.717) is 5.56 Å². The Labute approximate surface area is 82.0 Å². The van der Waals surface area contributed by atoms with Crippen LogP contribution in [0.5, 0.6) is 0 Å². The van der Waals surface area contributed by atoms with Crippen molar-refractivity contribution in [2.45, 2.75) is 18.2 Å². The molecule has 0 amide bonds. The van der Waals surface area contributed by atoms with E-state index in [2.05, 4.69) is 0 Å². The molecule has 0 aliphatic heterocycles. The summed E-state index contributed by atoms with van der Waals surface area (Å²) >= 11 is 1.49. The van der Waals surface area contributed by atoms with E-state index < -0.39 is 5.97 Å². The number of rotatable bonds is 3. The van der Waals surface area contributed by atoms with E-state index in [1.807, 2.05) is 19.2 Å². The highest BCUT2D eigenvalue weighted by molar-refractivity contribution is 7.98. The molecular formula is C10H12O2S. The van der Waals surface area contributed by atoms with Crippen LogP contribution in [0.25, 0.3) is 0 Å². The Morgan fingerprint density at radius 2 is 2.23 bits per heavy atom. The van der Waals surface area contributed by atoms with Crippen molar-refractivity contribution in [3.05, 3.63) is 29.3 Å². The van der Waals surface area contributed by atoms with Crippen LogP contribution >= 0.6 is 11.8 Å². The summed E-state index contributed by atoms with van der Waals surface area (Å²) < 4.78 is 0. The zero-order valence-corrected chi connectivity index (χ0v) is 8.52. The summed E-state index contributed by atoms with van der Waals surface area (Å²) in [7, 11) is 0. The maximum absolute atomic E-state index is 10.8. The van der Waals surface area contributed by atoms with Gasteiger partial charge in [-0.15, -0.1) is 11.8 Å². The second kappa shape index (κ2) is 4.33. The summed E-state index contributed by atoms with van der Waals surface area (Å²) in [5, 5.41) is 8.90. The van der Waals surface area contributed by atoms with E-state index in [4.69, 9.17) is 5.11 Å². The standard InChI is InChI=1S/C10H12O2S/c1-3-7-5-4-6-8(10(11)12)9(7)13-2/h4-6H,3H2,1-2H3,(H,11,12). The topological polar surface area (TPSA) is 37.3 Å². The largest absolute Gasteiger partial charge is 0.478 e. The highest BCUT2D eigenvalue weighted by atomic mass is 32.2. The lowest BCUT2D eigenvalue weighted by Crippen LogP contribution is -2.00. The average Bonchev–Trinajstić information content (AvgIpc) is 2.16. The third kappa shape index (κ3) is 2.04. The first-order valence-electron chi connectivity index (χ1n) is 4.09. The molecule has 0 heterocycles. The molecule has 0 bridgehead atoms. The van der Waals surface area contributed by atoms with Gasteiger partial charge in [0.15, 0.2) is 0 Å². The van der Waals surface area contributed by atoms with Gasteiger partial charge in [-0.3, -0.25) is 0 Å². The highest BCUT2D eigenvalue weighted by Gasteiger charge is 2.11.